The Labute approximate surface area is 207 Å². The molecule has 2 amide bonds. The average molecular weight is 491 g/mol. The zero-order chi connectivity index (χ0) is 25.6. The van der Waals surface area contributed by atoms with Crippen LogP contribution in [-0.4, -0.2) is 60.0 Å². The number of aliphatic hydroxyl groups is 1. The van der Waals surface area contributed by atoms with Gasteiger partial charge in [0.2, 0.25) is 5.91 Å². The van der Waals surface area contributed by atoms with Crippen LogP contribution in [0.1, 0.15) is 65.4 Å². The number of halogens is 1. The maximum absolute atomic E-state index is 14.9. The van der Waals surface area contributed by atoms with Crippen LogP contribution >= 0.6 is 0 Å². The Bertz CT molecular complexity index is 919. The van der Waals surface area contributed by atoms with Crippen molar-refractivity contribution in [3.63, 3.8) is 0 Å². The third-order valence-corrected chi connectivity index (χ3v) is 6.48. The standard InChI is InChI=1S/C27H39FN2O5/c1-18(16-31)29-25(32)21-7-5-20(6-8-21)23-10-9-22(15-24(23)28)34-17-19-11-13-30(14-12-19)26(33)35-27(2,3)4/h5,9-10,15,18-19,21,31H,6-8,11-14,16-17H2,1-4H3,(H,29,32). The summed E-state index contributed by atoms with van der Waals surface area (Å²) in [5.74, 6) is 0.245. The van der Waals surface area contributed by atoms with Crippen molar-refractivity contribution >= 4 is 17.6 Å². The minimum Gasteiger partial charge on any atom is -0.493 e. The average Bonchev–Trinajstić information content (AvgIpc) is 2.82. The molecule has 1 fully saturated rings. The largest absolute Gasteiger partial charge is 0.493 e. The lowest BCUT2D eigenvalue weighted by Gasteiger charge is -2.33. The van der Waals surface area contributed by atoms with Gasteiger partial charge in [-0.3, -0.25) is 4.79 Å². The molecule has 1 aromatic rings. The number of allylic oxidation sites excluding steroid dienone is 2. The van der Waals surface area contributed by atoms with Gasteiger partial charge in [0.05, 0.1) is 13.2 Å². The first-order chi connectivity index (χ1) is 16.6. The normalized spacial score (nSPS) is 20.1. The highest BCUT2D eigenvalue weighted by molar-refractivity contribution is 5.81. The van der Waals surface area contributed by atoms with Crippen molar-refractivity contribution in [3.8, 4) is 5.75 Å². The van der Waals surface area contributed by atoms with Gasteiger partial charge in [-0.15, -0.1) is 0 Å². The molecule has 1 heterocycles. The van der Waals surface area contributed by atoms with Gasteiger partial charge in [0.1, 0.15) is 17.2 Å². The predicted molar refractivity (Wildman–Crippen MR) is 132 cm³/mol. The molecule has 1 aliphatic heterocycles. The Morgan fingerprint density at radius 3 is 2.51 bits per heavy atom. The van der Waals surface area contributed by atoms with Gasteiger partial charge in [-0.05, 0) is 83.4 Å². The van der Waals surface area contributed by atoms with Gasteiger partial charge in [0, 0.05) is 36.7 Å². The second-order valence-corrected chi connectivity index (χ2v) is 10.7. The van der Waals surface area contributed by atoms with E-state index in [0.29, 0.717) is 56.2 Å². The van der Waals surface area contributed by atoms with E-state index >= 15 is 0 Å². The van der Waals surface area contributed by atoms with Crippen LogP contribution < -0.4 is 10.1 Å². The molecule has 7 nitrogen and oxygen atoms in total. The van der Waals surface area contributed by atoms with Gasteiger partial charge in [0.25, 0.3) is 0 Å². The van der Waals surface area contributed by atoms with Gasteiger partial charge in [-0.1, -0.05) is 6.08 Å². The summed E-state index contributed by atoms with van der Waals surface area (Å²) < 4.78 is 26.2. The van der Waals surface area contributed by atoms with E-state index in [0.717, 1.165) is 18.4 Å². The molecule has 0 spiro atoms. The number of carbonyl (C=O) groups excluding carboxylic acids is 2. The van der Waals surface area contributed by atoms with Gasteiger partial charge in [0.15, 0.2) is 0 Å². The number of benzene rings is 1. The Morgan fingerprint density at radius 2 is 1.94 bits per heavy atom. The van der Waals surface area contributed by atoms with E-state index in [1.165, 1.54) is 6.07 Å². The molecule has 0 saturated carbocycles. The minimum atomic E-state index is -0.504. The number of rotatable bonds is 7. The number of nitrogens with zero attached hydrogens (tertiary/aromatic N) is 1. The molecule has 3 rings (SSSR count). The summed E-state index contributed by atoms with van der Waals surface area (Å²) >= 11 is 0. The number of nitrogens with one attached hydrogen (secondary N) is 1. The van der Waals surface area contributed by atoms with Crippen LogP contribution in [0.4, 0.5) is 9.18 Å². The van der Waals surface area contributed by atoms with Crippen LogP contribution in [0.5, 0.6) is 5.75 Å². The number of piperidine rings is 1. The first-order valence-corrected chi connectivity index (χ1v) is 12.6. The number of amides is 2. The van der Waals surface area contributed by atoms with Crippen molar-refractivity contribution < 1.29 is 28.6 Å². The molecule has 2 aliphatic rings. The van der Waals surface area contributed by atoms with Crippen LogP contribution in [0.15, 0.2) is 24.3 Å². The molecular weight excluding hydrogens is 451 g/mol. The van der Waals surface area contributed by atoms with Crippen molar-refractivity contribution in [2.75, 3.05) is 26.3 Å². The summed E-state index contributed by atoms with van der Waals surface area (Å²) in [5, 5.41) is 11.9. The molecule has 194 valence electrons. The van der Waals surface area contributed by atoms with Crippen molar-refractivity contribution in [1.29, 1.82) is 0 Å². The minimum absolute atomic E-state index is 0.0667. The zero-order valence-electron chi connectivity index (χ0n) is 21.3. The Hall–Kier alpha value is -2.61. The monoisotopic (exact) mass is 490 g/mol. The Kier molecular flexibility index (Phi) is 9.16. The molecule has 2 N–H and O–H groups in total. The van der Waals surface area contributed by atoms with Crippen molar-refractivity contribution in [2.24, 2.45) is 11.8 Å². The summed E-state index contributed by atoms with van der Waals surface area (Å²) in [7, 11) is 0. The highest BCUT2D eigenvalue weighted by atomic mass is 19.1. The highest BCUT2D eigenvalue weighted by Crippen LogP contribution is 2.33. The lowest BCUT2D eigenvalue weighted by molar-refractivity contribution is -0.126. The first-order valence-electron chi connectivity index (χ1n) is 12.6. The first kappa shape index (κ1) is 27.0. The molecular formula is C27H39FN2O5. The van der Waals surface area contributed by atoms with Crippen LogP contribution in [0.3, 0.4) is 0 Å². The number of hydrogen-bond donors (Lipinski definition) is 2. The van der Waals surface area contributed by atoms with Crippen molar-refractivity contribution in [1.82, 2.24) is 10.2 Å². The second kappa shape index (κ2) is 11.9. The fourth-order valence-electron chi connectivity index (χ4n) is 4.39. The quantitative estimate of drug-likeness (QED) is 0.586. The third-order valence-electron chi connectivity index (χ3n) is 6.48. The number of aliphatic hydroxyl groups excluding tert-OH is 1. The number of carbonyl (C=O) groups is 2. The number of likely N-dealkylation sites (tertiary alicyclic amines) is 1. The predicted octanol–water partition coefficient (Wildman–Crippen LogP) is 4.53. The number of hydrogen-bond acceptors (Lipinski definition) is 5. The number of ether oxygens (including phenoxy) is 2. The second-order valence-electron chi connectivity index (χ2n) is 10.7. The van der Waals surface area contributed by atoms with Crippen LogP contribution in [0.2, 0.25) is 0 Å². The maximum Gasteiger partial charge on any atom is 0.410 e. The summed E-state index contributed by atoms with van der Waals surface area (Å²) in [4.78, 5) is 26.2. The lowest BCUT2D eigenvalue weighted by Crippen LogP contribution is -2.42. The summed E-state index contributed by atoms with van der Waals surface area (Å²) in [5.41, 5.74) is 0.949. The van der Waals surface area contributed by atoms with Crippen molar-refractivity contribution in [2.45, 2.75) is 71.4 Å². The van der Waals surface area contributed by atoms with Crippen LogP contribution in [-0.2, 0) is 9.53 Å². The topological polar surface area (TPSA) is 88.1 Å². The SMILES string of the molecule is CC(CO)NC(=O)C1CC=C(c2ccc(OCC3CCN(C(=O)OC(C)(C)C)CC3)cc2F)CC1. The molecule has 1 aliphatic carbocycles. The fraction of sp³-hybridized carbons (Fsp3) is 0.630. The Morgan fingerprint density at radius 1 is 1.23 bits per heavy atom. The molecule has 2 unspecified atom stereocenters. The van der Waals surface area contributed by atoms with Crippen molar-refractivity contribution in [3.05, 3.63) is 35.7 Å². The van der Waals surface area contributed by atoms with Gasteiger partial charge >= 0.3 is 6.09 Å². The third kappa shape index (κ3) is 7.95. The molecule has 2 atom stereocenters. The molecule has 0 radical (unpaired) electrons. The van der Waals surface area contributed by atoms with Gasteiger partial charge in [-0.25, -0.2) is 9.18 Å². The lowest BCUT2D eigenvalue weighted by atomic mass is 9.86. The summed E-state index contributed by atoms with van der Waals surface area (Å²) in [6.45, 7) is 8.97. The summed E-state index contributed by atoms with van der Waals surface area (Å²) in [6, 6.07) is 4.69. The van der Waals surface area contributed by atoms with Gasteiger partial charge in [-0.2, -0.15) is 0 Å². The Balaban J connectivity index is 1.47. The van der Waals surface area contributed by atoms with Gasteiger partial charge < -0.3 is 24.8 Å². The molecule has 0 bridgehead atoms. The molecule has 1 aromatic carbocycles. The van der Waals surface area contributed by atoms with E-state index in [-0.39, 0.29) is 36.4 Å². The van der Waals surface area contributed by atoms with E-state index < -0.39 is 5.60 Å². The van der Waals surface area contributed by atoms with E-state index in [1.54, 1.807) is 24.0 Å². The molecule has 0 aromatic heterocycles. The fourth-order valence-corrected chi connectivity index (χ4v) is 4.39. The molecule has 35 heavy (non-hydrogen) atoms. The van der Waals surface area contributed by atoms with Crippen LogP contribution in [0, 0.1) is 17.7 Å². The smallest absolute Gasteiger partial charge is 0.410 e. The molecule has 8 heteroatoms. The maximum atomic E-state index is 14.9. The van der Waals surface area contributed by atoms with Crippen LogP contribution in [0.25, 0.3) is 5.57 Å². The van der Waals surface area contributed by atoms with E-state index in [2.05, 4.69) is 5.32 Å². The van der Waals surface area contributed by atoms with E-state index in [1.807, 2.05) is 26.8 Å². The summed E-state index contributed by atoms with van der Waals surface area (Å²) in [6.07, 6.45) is 5.12. The van der Waals surface area contributed by atoms with E-state index in [9.17, 15) is 14.0 Å². The molecule has 1 saturated heterocycles. The van der Waals surface area contributed by atoms with E-state index in [4.69, 9.17) is 14.6 Å². The highest BCUT2D eigenvalue weighted by Gasteiger charge is 2.27. The zero-order valence-corrected chi connectivity index (χ0v) is 21.3.